The van der Waals surface area contributed by atoms with E-state index in [1.54, 1.807) is 54.3 Å². The van der Waals surface area contributed by atoms with E-state index in [-0.39, 0.29) is 18.0 Å². The molecule has 3 rings (SSSR count). The third-order valence-electron chi connectivity index (χ3n) is 4.23. The minimum absolute atomic E-state index is 0.154. The lowest BCUT2D eigenvalue weighted by molar-refractivity contribution is -0.138. The van der Waals surface area contributed by atoms with Gasteiger partial charge in [-0.1, -0.05) is 23.2 Å². The number of amides is 1. The first-order valence-electron chi connectivity index (χ1n) is 8.77. The number of fused-ring (bicyclic) bond motifs is 1. The van der Waals surface area contributed by atoms with Gasteiger partial charge in [0.2, 0.25) is 0 Å². The van der Waals surface area contributed by atoms with E-state index in [0.717, 1.165) is 0 Å². The van der Waals surface area contributed by atoms with Gasteiger partial charge >= 0.3 is 0 Å². The van der Waals surface area contributed by atoms with Crippen molar-refractivity contribution in [3.05, 3.63) is 68.7 Å². The topological polar surface area (TPSA) is 75.3 Å². The van der Waals surface area contributed by atoms with Crippen LogP contribution in [0.2, 0.25) is 10.0 Å². The van der Waals surface area contributed by atoms with Crippen LogP contribution in [0.4, 0.5) is 0 Å². The number of aromatic nitrogens is 2. The number of halogens is 2. The van der Waals surface area contributed by atoms with Crippen molar-refractivity contribution in [1.82, 2.24) is 14.9 Å². The number of nitrogens with one attached hydrogen (secondary N) is 1. The molecule has 1 amide bonds. The highest BCUT2D eigenvalue weighted by atomic mass is 35.5. The van der Waals surface area contributed by atoms with Gasteiger partial charge in [0.25, 0.3) is 11.5 Å². The van der Waals surface area contributed by atoms with E-state index in [4.69, 9.17) is 27.9 Å². The van der Waals surface area contributed by atoms with Crippen LogP contribution >= 0.6 is 23.2 Å². The molecule has 28 heavy (non-hydrogen) atoms. The predicted octanol–water partition coefficient (Wildman–Crippen LogP) is 4.05. The molecule has 1 aromatic heterocycles. The molecular weight excluding hydrogens is 401 g/mol. The average Bonchev–Trinajstić information content (AvgIpc) is 2.67. The summed E-state index contributed by atoms with van der Waals surface area (Å²) in [6.07, 6.45) is -0.706. The Morgan fingerprint density at radius 2 is 1.86 bits per heavy atom. The molecule has 0 fully saturated rings. The van der Waals surface area contributed by atoms with Gasteiger partial charge in [0.1, 0.15) is 11.6 Å². The SMILES string of the molecule is CCN(Cc1nc2cc(Cl)ccc2c(=O)[nH]1)C(=O)[C@H](C)Oc1ccc(Cl)cc1. The molecular formula is C20H19Cl2N3O3. The fraction of sp³-hybridized carbons (Fsp3) is 0.250. The van der Waals surface area contributed by atoms with E-state index in [1.165, 1.54) is 0 Å². The number of nitrogens with zero attached hydrogens (tertiary/aromatic N) is 2. The second-order valence-electron chi connectivity index (χ2n) is 6.24. The highest BCUT2D eigenvalue weighted by Gasteiger charge is 2.22. The summed E-state index contributed by atoms with van der Waals surface area (Å²) in [6, 6.07) is 11.7. The highest BCUT2D eigenvalue weighted by molar-refractivity contribution is 6.31. The summed E-state index contributed by atoms with van der Waals surface area (Å²) in [5.41, 5.74) is 0.214. The molecule has 1 N–H and O–H groups in total. The van der Waals surface area contributed by atoms with E-state index in [1.807, 2.05) is 6.92 Å². The predicted molar refractivity (Wildman–Crippen MR) is 110 cm³/mol. The molecule has 0 aliphatic heterocycles. The Labute approximate surface area is 172 Å². The van der Waals surface area contributed by atoms with Crippen molar-refractivity contribution < 1.29 is 9.53 Å². The number of aromatic amines is 1. The maximum Gasteiger partial charge on any atom is 0.263 e. The Morgan fingerprint density at radius 3 is 2.54 bits per heavy atom. The van der Waals surface area contributed by atoms with E-state index >= 15 is 0 Å². The number of hydrogen-bond donors (Lipinski definition) is 1. The van der Waals surface area contributed by atoms with E-state index in [2.05, 4.69) is 9.97 Å². The van der Waals surface area contributed by atoms with Crippen molar-refractivity contribution in [1.29, 1.82) is 0 Å². The van der Waals surface area contributed by atoms with Crippen molar-refractivity contribution in [3.8, 4) is 5.75 Å². The van der Waals surface area contributed by atoms with Crippen LogP contribution in [0.5, 0.6) is 5.75 Å². The third-order valence-corrected chi connectivity index (χ3v) is 4.71. The summed E-state index contributed by atoms with van der Waals surface area (Å²) in [5, 5.41) is 1.53. The molecule has 0 aliphatic rings. The number of rotatable bonds is 6. The Morgan fingerprint density at radius 1 is 1.18 bits per heavy atom. The number of H-pyrrole nitrogens is 1. The Kier molecular flexibility index (Phi) is 6.21. The molecule has 0 aliphatic carbocycles. The number of carbonyl (C=O) groups is 1. The van der Waals surface area contributed by atoms with Crippen LogP contribution in [0, 0.1) is 0 Å². The Hall–Kier alpha value is -2.57. The molecule has 0 radical (unpaired) electrons. The summed E-state index contributed by atoms with van der Waals surface area (Å²) < 4.78 is 5.70. The van der Waals surface area contributed by atoms with Gasteiger partial charge in [-0.25, -0.2) is 4.98 Å². The molecule has 8 heteroatoms. The van der Waals surface area contributed by atoms with Gasteiger partial charge in [0.05, 0.1) is 17.4 Å². The summed E-state index contributed by atoms with van der Waals surface area (Å²) in [4.78, 5) is 33.8. The molecule has 1 heterocycles. The van der Waals surface area contributed by atoms with Crippen LogP contribution in [0.3, 0.4) is 0 Å². The minimum Gasteiger partial charge on any atom is -0.481 e. The van der Waals surface area contributed by atoms with Crippen molar-refractivity contribution in [2.24, 2.45) is 0 Å². The summed E-state index contributed by atoms with van der Waals surface area (Å²) in [7, 11) is 0. The van der Waals surface area contributed by atoms with Gasteiger partial charge in [-0.2, -0.15) is 0 Å². The largest absolute Gasteiger partial charge is 0.481 e. The van der Waals surface area contributed by atoms with E-state index in [9.17, 15) is 9.59 Å². The normalized spacial score (nSPS) is 12.0. The van der Waals surface area contributed by atoms with Crippen molar-refractivity contribution >= 4 is 40.0 Å². The number of benzene rings is 2. The van der Waals surface area contributed by atoms with Crippen molar-refractivity contribution in [2.45, 2.75) is 26.5 Å². The van der Waals surface area contributed by atoms with Crippen LogP contribution in [0.25, 0.3) is 10.9 Å². The Balaban J connectivity index is 1.77. The van der Waals surface area contributed by atoms with Gasteiger partial charge < -0.3 is 14.6 Å². The average molecular weight is 420 g/mol. The lowest BCUT2D eigenvalue weighted by atomic mass is 10.2. The summed E-state index contributed by atoms with van der Waals surface area (Å²) in [5.74, 6) is 0.716. The summed E-state index contributed by atoms with van der Waals surface area (Å²) in [6.45, 7) is 4.12. The van der Waals surface area contributed by atoms with Gasteiger partial charge in [0, 0.05) is 16.6 Å². The van der Waals surface area contributed by atoms with Gasteiger partial charge in [-0.05, 0) is 56.3 Å². The molecule has 2 aromatic carbocycles. The first kappa shape index (κ1) is 20.2. The highest BCUT2D eigenvalue weighted by Crippen LogP contribution is 2.18. The zero-order chi connectivity index (χ0) is 20.3. The fourth-order valence-corrected chi connectivity index (χ4v) is 3.08. The van der Waals surface area contributed by atoms with Crippen LogP contribution < -0.4 is 10.3 Å². The quantitative estimate of drug-likeness (QED) is 0.653. The third kappa shape index (κ3) is 4.64. The fourth-order valence-electron chi connectivity index (χ4n) is 2.79. The number of ether oxygens (including phenoxy) is 1. The molecule has 1 atom stereocenters. The first-order chi connectivity index (χ1) is 13.4. The molecule has 6 nitrogen and oxygen atoms in total. The molecule has 0 saturated carbocycles. The molecule has 0 spiro atoms. The number of carbonyl (C=O) groups excluding carboxylic acids is 1. The van der Waals surface area contributed by atoms with Gasteiger partial charge in [-0.3, -0.25) is 9.59 Å². The van der Waals surface area contributed by atoms with Crippen LogP contribution in [-0.4, -0.2) is 33.4 Å². The second kappa shape index (κ2) is 8.63. The molecule has 0 unspecified atom stereocenters. The molecule has 146 valence electrons. The summed E-state index contributed by atoms with van der Waals surface area (Å²) >= 11 is 11.9. The number of hydrogen-bond acceptors (Lipinski definition) is 4. The zero-order valence-electron chi connectivity index (χ0n) is 15.4. The van der Waals surface area contributed by atoms with E-state index in [0.29, 0.717) is 39.1 Å². The van der Waals surface area contributed by atoms with E-state index < -0.39 is 6.10 Å². The van der Waals surface area contributed by atoms with Crippen molar-refractivity contribution in [3.63, 3.8) is 0 Å². The first-order valence-corrected chi connectivity index (χ1v) is 9.52. The smallest absolute Gasteiger partial charge is 0.263 e. The lowest BCUT2D eigenvalue weighted by Crippen LogP contribution is -2.40. The molecule has 3 aromatic rings. The second-order valence-corrected chi connectivity index (χ2v) is 7.11. The van der Waals surface area contributed by atoms with Crippen LogP contribution in [0.15, 0.2) is 47.3 Å². The maximum absolute atomic E-state index is 12.8. The van der Waals surface area contributed by atoms with Gasteiger partial charge in [0.15, 0.2) is 6.10 Å². The number of likely N-dealkylation sites (N-methyl/N-ethyl adjacent to an activating group) is 1. The van der Waals surface area contributed by atoms with Gasteiger partial charge in [-0.15, -0.1) is 0 Å². The van der Waals surface area contributed by atoms with Crippen LogP contribution in [-0.2, 0) is 11.3 Å². The molecule has 0 saturated heterocycles. The standard InChI is InChI=1S/C20H19Cl2N3O3/c1-3-25(20(27)12(2)28-15-7-4-13(21)5-8-15)11-18-23-17-10-14(22)6-9-16(17)19(26)24-18/h4-10,12H,3,11H2,1-2H3,(H,23,24,26)/t12-/m0/s1. The van der Waals surface area contributed by atoms with Crippen LogP contribution in [0.1, 0.15) is 19.7 Å². The lowest BCUT2D eigenvalue weighted by Gasteiger charge is -2.24. The molecule has 0 bridgehead atoms. The maximum atomic E-state index is 12.8. The van der Waals surface area contributed by atoms with Crippen molar-refractivity contribution in [2.75, 3.05) is 6.54 Å². The monoisotopic (exact) mass is 419 g/mol. The zero-order valence-corrected chi connectivity index (χ0v) is 16.9. The Bertz CT molecular complexity index is 1050. The minimum atomic E-state index is -0.706.